The van der Waals surface area contributed by atoms with Crippen molar-refractivity contribution in [3.8, 4) is 0 Å². The first-order valence-corrected chi connectivity index (χ1v) is 6.80. The van der Waals surface area contributed by atoms with Gasteiger partial charge in [0.05, 0.1) is 10.0 Å². The fourth-order valence-electron chi connectivity index (χ4n) is 1.89. The van der Waals surface area contributed by atoms with Crippen LogP contribution < -0.4 is 4.90 Å². The lowest BCUT2D eigenvalue weighted by Crippen LogP contribution is -2.49. The molecule has 0 N–H and O–H groups in total. The van der Waals surface area contributed by atoms with Gasteiger partial charge in [0.25, 0.3) is 0 Å². The van der Waals surface area contributed by atoms with Gasteiger partial charge in [0.2, 0.25) is 5.91 Å². The molecule has 0 aromatic carbocycles. The third kappa shape index (κ3) is 2.99. The van der Waals surface area contributed by atoms with Crippen LogP contribution in [0.4, 0.5) is 5.82 Å². The molecule has 0 saturated carbocycles. The number of hydrogen-bond acceptors (Lipinski definition) is 3. The average molecular weight is 309 g/mol. The molecule has 1 aliphatic rings. The number of carbonyl (C=O) groups excluding carboxylic acids is 1. The summed E-state index contributed by atoms with van der Waals surface area (Å²) >= 11 is 17.4. The molecule has 1 saturated heterocycles. The van der Waals surface area contributed by atoms with Gasteiger partial charge >= 0.3 is 0 Å². The van der Waals surface area contributed by atoms with Gasteiger partial charge in [0, 0.05) is 32.4 Å². The predicted molar refractivity (Wildman–Crippen MR) is 73.8 cm³/mol. The summed E-state index contributed by atoms with van der Waals surface area (Å²) in [4.78, 5) is 19.4. The van der Waals surface area contributed by atoms with Gasteiger partial charge in [-0.1, -0.05) is 23.2 Å². The summed E-state index contributed by atoms with van der Waals surface area (Å²) in [6, 6.07) is 1.67. The topological polar surface area (TPSA) is 36.4 Å². The van der Waals surface area contributed by atoms with Crippen LogP contribution in [-0.4, -0.2) is 47.9 Å². The van der Waals surface area contributed by atoms with Crippen molar-refractivity contribution in [3.63, 3.8) is 0 Å². The molecule has 1 aliphatic heterocycles. The van der Waals surface area contributed by atoms with Gasteiger partial charge in [-0.05, 0) is 6.07 Å². The zero-order valence-electron chi connectivity index (χ0n) is 9.57. The fraction of sp³-hybridized carbons (Fsp3) is 0.455. The maximum atomic E-state index is 11.4. The molecular weight excluding hydrogens is 297 g/mol. The minimum absolute atomic E-state index is 0.0277. The molecule has 0 unspecified atom stereocenters. The number of pyridine rings is 1. The SMILES string of the molecule is O=C(CCl)N1CCN(c2ncc(Cl)cc2Cl)CC1. The molecule has 98 valence electrons. The molecular formula is C11H12Cl3N3O. The highest BCUT2D eigenvalue weighted by atomic mass is 35.5. The van der Waals surface area contributed by atoms with Gasteiger partial charge in [0.1, 0.15) is 11.7 Å². The maximum absolute atomic E-state index is 11.4. The van der Waals surface area contributed by atoms with Crippen LogP contribution in [0.3, 0.4) is 0 Å². The van der Waals surface area contributed by atoms with E-state index < -0.39 is 0 Å². The molecule has 18 heavy (non-hydrogen) atoms. The van der Waals surface area contributed by atoms with Crippen LogP contribution in [0.1, 0.15) is 0 Å². The zero-order chi connectivity index (χ0) is 13.1. The van der Waals surface area contributed by atoms with Crippen LogP contribution in [0.2, 0.25) is 10.0 Å². The number of rotatable bonds is 2. The highest BCUT2D eigenvalue weighted by molar-refractivity contribution is 6.36. The first-order valence-electron chi connectivity index (χ1n) is 5.51. The summed E-state index contributed by atoms with van der Waals surface area (Å²) in [6.07, 6.45) is 1.57. The van der Waals surface area contributed by atoms with E-state index in [1.165, 1.54) is 0 Å². The van der Waals surface area contributed by atoms with Crippen LogP contribution in [0.25, 0.3) is 0 Å². The number of alkyl halides is 1. The van der Waals surface area contributed by atoms with Crippen LogP contribution in [0, 0.1) is 0 Å². The van der Waals surface area contributed by atoms with Gasteiger partial charge in [-0.3, -0.25) is 4.79 Å². The van der Waals surface area contributed by atoms with Crippen LogP contribution >= 0.6 is 34.8 Å². The van der Waals surface area contributed by atoms with Crippen LogP contribution in [-0.2, 0) is 4.79 Å². The van der Waals surface area contributed by atoms with Crippen molar-refractivity contribution in [2.75, 3.05) is 37.0 Å². The molecule has 2 heterocycles. The van der Waals surface area contributed by atoms with E-state index >= 15 is 0 Å². The van der Waals surface area contributed by atoms with Crippen molar-refractivity contribution >= 4 is 46.5 Å². The molecule has 4 nitrogen and oxygen atoms in total. The number of piperazine rings is 1. The number of nitrogens with zero attached hydrogens (tertiary/aromatic N) is 3. The Kier molecular flexibility index (Phi) is 4.54. The molecule has 0 atom stereocenters. The number of halogens is 3. The molecule has 2 rings (SSSR count). The summed E-state index contributed by atoms with van der Waals surface area (Å²) in [5.41, 5.74) is 0. The quantitative estimate of drug-likeness (QED) is 0.787. The van der Waals surface area contributed by atoms with Crippen molar-refractivity contribution in [2.45, 2.75) is 0 Å². The lowest BCUT2D eigenvalue weighted by Gasteiger charge is -2.35. The average Bonchev–Trinajstić information content (AvgIpc) is 2.38. The van der Waals surface area contributed by atoms with Gasteiger partial charge in [-0.25, -0.2) is 4.98 Å². The monoisotopic (exact) mass is 307 g/mol. The minimum Gasteiger partial charge on any atom is -0.352 e. The van der Waals surface area contributed by atoms with E-state index in [0.717, 1.165) is 0 Å². The number of aromatic nitrogens is 1. The van der Waals surface area contributed by atoms with E-state index in [0.29, 0.717) is 42.0 Å². The second-order valence-corrected chi connectivity index (χ2v) is 5.07. The van der Waals surface area contributed by atoms with E-state index in [1.54, 1.807) is 17.2 Å². The minimum atomic E-state index is -0.0357. The fourth-order valence-corrected chi connectivity index (χ4v) is 2.56. The molecule has 0 spiro atoms. The lowest BCUT2D eigenvalue weighted by molar-refractivity contribution is -0.128. The van der Waals surface area contributed by atoms with Crippen molar-refractivity contribution < 1.29 is 4.79 Å². The second kappa shape index (κ2) is 5.95. The Morgan fingerprint density at radius 2 is 1.94 bits per heavy atom. The molecule has 1 aromatic rings. The summed E-state index contributed by atoms with van der Waals surface area (Å²) in [5.74, 6) is 0.700. The standard InChI is InChI=1S/C11H12Cl3N3O/c12-6-10(18)16-1-3-17(4-2-16)11-9(14)5-8(13)7-15-11/h5,7H,1-4,6H2. The third-order valence-electron chi connectivity index (χ3n) is 2.83. The molecule has 1 amide bonds. The normalized spacial score (nSPS) is 15.9. The molecule has 1 fully saturated rings. The van der Waals surface area contributed by atoms with Gasteiger partial charge in [-0.15, -0.1) is 11.6 Å². The molecule has 7 heteroatoms. The Morgan fingerprint density at radius 1 is 1.28 bits per heavy atom. The molecule has 0 bridgehead atoms. The Balaban J connectivity index is 2.03. The van der Waals surface area contributed by atoms with E-state index in [9.17, 15) is 4.79 Å². The number of hydrogen-bond donors (Lipinski definition) is 0. The third-order valence-corrected chi connectivity index (χ3v) is 3.55. The number of anilines is 1. The Bertz CT molecular complexity index is 447. The zero-order valence-corrected chi connectivity index (χ0v) is 11.8. The Hall–Kier alpha value is -0.710. The maximum Gasteiger partial charge on any atom is 0.237 e. The number of carbonyl (C=O) groups is 1. The summed E-state index contributed by atoms with van der Waals surface area (Å²) in [5, 5.41) is 1.04. The number of amides is 1. The largest absolute Gasteiger partial charge is 0.352 e. The molecule has 0 aliphatic carbocycles. The van der Waals surface area contributed by atoms with Gasteiger partial charge < -0.3 is 9.80 Å². The molecule has 0 radical (unpaired) electrons. The van der Waals surface area contributed by atoms with Gasteiger partial charge in [-0.2, -0.15) is 0 Å². The van der Waals surface area contributed by atoms with E-state index in [2.05, 4.69) is 4.98 Å². The van der Waals surface area contributed by atoms with Crippen molar-refractivity contribution in [1.29, 1.82) is 0 Å². The van der Waals surface area contributed by atoms with E-state index in [1.807, 2.05) is 4.90 Å². The first-order chi connectivity index (χ1) is 8.61. The van der Waals surface area contributed by atoms with Crippen molar-refractivity contribution in [2.24, 2.45) is 0 Å². The van der Waals surface area contributed by atoms with E-state index in [4.69, 9.17) is 34.8 Å². The highest BCUT2D eigenvalue weighted by Gasteiger charge is 2.22. The van der Waals surface area contributed by atoms with Crippen molar-refractivity contribution in [3.05, 3.63) is 22.3 Å². The van der Waals surface area contributed by atoms with E-state index in [-0.39, 0.29) is 11.8 Å². The summed E-state index contributed by atoms with van der Waals surface area (Å²) in [6.45, 7) is 2.65. The lowest BCUT2D eigenvalue weighted by atomic mass is 10.3. The second-order valence-electron chi connectivity index (χ2n) is 3.96. The predicted octanol–water partition coefficient (Wildman–Crippen LogP) is 2.28. The van der Waals surface area contributed by atoms with Crippen LogP contribution in [0.15, 0.2) is 12.3 Å². The summed E-state index contributed by atoms with van der Waals surface area (Å²) < 4.78 is 0. The van der Waals surface area contributed by atoms with Crippen LogP contribution in [0.5, 0.6) is 0 Å². The Labute approximate surface area is 120 Å². The highest BCUT2D eigenvalue weighted by Crippen LogP contribution is 2.26. The molecule has 1 aromatic heterocycles. The summed E-state index contributed by atoms with van der Waals surface area (Å²) in [7, 11) is 0. The smallest absolute Gasteiger partial charge is 0.237 e. The van der Waals surface area contributed by atoms with Gasteiger partial charge in [0.15, 0.2) is 0 Å². The van der Waals surface area contributed by atoms with Crippen molar-refractivity contribution in [1.82, 2.24) is 9.88 Å². The Morgan fingerprint density at radius 3 is 2.50 bits per heavy atom. The first kappa shape index (κ1) is 13.7.